The van der Waals surface area contributed by atoms with Crippen molar-refractivity contribution < 1.29 is 13.2 Å². The van der Waals surface area contributed by atoms with Gasteiger partial charge in [-0.25, -0.2) is 8.42 Å². The van der Waals surface area contributed by atoms with Gasteiger partial charge in [-0.3, -0.25) is 4.79 Å². The van der Waals surface area contributed by atoms with Gasteiger partial charge in [-0.05, 0) is 18.2 Å². The van der Waals surface area contributed by atoms with E-state index in [9.17, 15) is 13.2 Å². The lowest BCUT2D eigenvalue weighted by Gasteiger charge is -2.09. The van der Waals surface area contributed by atoms with E-state index in [-0.39, 0.29) is 23.4 Å². The molecule has 0 bridgehead atoms. The predicted octanol–water partition coefficient (Wildman–Crippen LogP) is 1.03. The van der Waals surface area contributed by atoms with Crippen molar-refractivity contribution in [3.8, 4) is 0 Å². The first kappa shape index (κ1) is 14.7. The van der Waals surface area contributed by atoms with E-state index in [1.165, 1.54) is 12.1 Å². The van der Waals surface area contributed by atoms with E-state index in [4.69, 9.17) is 0 Å². The van der Waals surface area contributed by atoms with Crippen LogP contribution in [0.3, 0.4) is 0 Å². The monoisotopic (exact) mass is 270 g/mol. The maximum atomic E-state index is 11.6. The predicted molar refractivity (Wildman–Crippen MR) is 71.3 cm³/mol. The summed E-state index contributed by atoms with van der Waals surface area (Å²) in [5.41, 5.74) is 0.480. The summed E-state index contributed by atoms with van der Waals surface area (Å²) in [5.74, 6) is -0.200. The summed E-state index contributed by atoms with van der Waals surface area (Å²) in [4.78, 5) is 11.7. The molecule has 18 heavy (non-hydrogen) atoms. The van der Waals surface area contributed by atoms with Crippen LogP contribution in [-0.4, -0.2) is 33.2 Å². The fourth-order valence-corrected chi connectivity index (χ4v) is 1.97. The first-order chi connectivity index (χ1) is 8.29. The van der Waals surface area contributed by atoms with E-state index < -0.39 is 9.84 Å². The minimum atomic E-state index is -3.25. The number of carbonyl (C=O) groups is 1. The van der Waals surface area contributed by atoms with Crippen LogP contribution in [0.1, 0.15) is 13.8 Å². The summed E-state index contributed by atoms with van der Waals surface area (Å²) in [5, 5.41) is 5.62. The van der Waals surface area contributed by atoms with E-state index in [2.05, 4.69) is 10.6 Å². The van der Waals surface area contributed by atoms with Gasteiger partial charge in [0.25, 0.3) is 0 Å². The highest BCUT2D eigenvalue weighted by molar-refractivity contribution is 7.90. The van der Waals surface area contributed by atoms with Gasteiger partial charge in [0.1, 0.15) is 0 Å². The number of amides is 1. The summed E-state index contributed by atoms with van der Waals surface area (Å²) in [7, 11) is -3.25. The number of sulfone groups is 1. The Labute approximate surface area is 108 Å². The van der Waals surface area contributed by atoms with Crippen molar-refractivity contribution in [1.82, 2.24) is 5.32 Å². The van der Waals surface area contributed by atoms with Crippen LogP contribution in [-0.2, 0) is 14.6 Å². The molecule has 2 N–H and O–H groups in total. The Kier molecular flexibility index (Phi) is 4.86. The van der Waals surface area contributed by atoms with Crippen molar-refractivity contribution in [2.45, 2.75) is 24.8 Å². The Morgan fingerprint density at radius 1 is 1.33 bits per heavy atom. The lowest BCUT2D eigenvalue weighted by Crippen LogP contribution is -2.32. The second-order valence-corrected chi connectivity index (χ2v) is 6.40. The van der Waals surface area contributed by atoms with Crippen LogP contribution in [0, 0.1) is 0 Å². The van der Waals surface area contributed by atoms with Gasteiger partial charge in [0.15, 0.2) is 9.84 Å². The highest BCUT2D eigenvalue weighted by Gasteiger charge is 2.09. The molecule has 0 spiro atoms. The minimum Gasteiger partial charge on any atom is -0.325 e. The van der Waals surface area contributed by atoms with Crippen molar-refractivity contribution in [1.29, 1.82) is 0 Å². The summed E-state index contributed by atoms with van der Waals surface area (Å²) in [6, 6.07) is 6.42. The molecule has 1 aromatic carbocycles. The molecule has 6 heteroatoms. The highest BCUT2D eigenvalue weighted by Crippen LogP contribution is 2.14. The van der Waals surface area contributed by atoms with E-state index in [1.807, 2.05) is 13.8 Å². The zero-order chi connectivity index (χ0) is 13.8. The molecule has 1 rings (SSSR count). The van der Waals surface area contributed by atoms with Gasteiger partial charge in [0.05, 0.1) is 11.4 Å². The van der Waals surface area contributed by atoms with Gasteiger partial charge in [-0.2, -0.15) is 0 Å². The van der Waals surface area contributed by atoms with Gasteiger partial charge in [-0.15, -0.1) is 0 Å². The maximum absolute atomic E-state index is 11.6. The van der Waals surface area contributed by atoms with Crippen LogP contribution in [0.25, 0.3) is 0 Å². The van der Waals surface area contributed by atoms with Crippen LogP contribution < -0.4 is 10.6 Å². The normalized spacial score (nSPS) is 11.6. The zero-order valence-corrected chi connectivity index (χ0v) is 11.5. The second-order valence-electron chi connectivity index (χ2n) is 4.38. The number of hydrogen-bond acceptors (Lipinski definition) is 4. The number of nitrogens with one attached hydrogen (secondary N) is 2. The molecule has 0 saturated heterocycles. The third-order valence-electron chi connectivity index (χ3n) is 2.22. The third kappa shape index (κ3) is 4.85. The molecular formula is C12H18N2O3S. The van der Waals surface area contributed by atoms with Crippen molar-refractivity contribution in [2.75, 3.05) is 18.1 Å². The molecule has 0 heterocycles. The van der Waals surface area contributed by atoms with Crippen LogP contribution in [0.2, 0.25) is 0 Å². The van der Waals surface area contributed by atoms with Crippen LogP contribution >= 0.6 is 0 Å². The van der Waals surface area contributed by atoms with Crippen molar-refractivity contribution in [2.24, 2.45) is 0 Å². The SMILES string of the molecule is CC(C)NCC(=O)Nc1cccc(S(C)(=O)=O)c1. The number of hydrogen-bond donors (Lipinski definition) is 2. The average molecular weight is 270 g/mol. The molecule has 0 saturated carbocycles. The second kappa shape index (κ2) is 5.97. The average Bonchev–Trinajstić information content (AvgIpc) is 2.25. The van der Waals surface area contributed by atoms with E-state index >= 15 is 0 Å². The first-order valence-electron chi connectivity index (χ1n) is 5.62. The Morgan fingerprint density at radius 3 is 2.56 bits per heavy atom. The van der Waals surface area contributed by atoms with Crippen LogP contribution in [0.4, 0.5) is 5.69 Å². The third-order valence-corrected chi connectivity index (χ3v) is 3.33. The van der Waals surface area contributed by atoms with Crippen LogP contribution in [0.15, 0.2) is 29.2 Å². The molecular weight excluding hydrogens is 252 g/mol. The van der Waals surface area contributed by atoms with Crippen molar-refractivity contribution in [3.63, 3.8) is 0 Å². The molecule has 100 valence electrons. The fourth-order valence-electron chi connectivity index (χ4n) is 1.31. The van der Waals surface area contributed by atoms with Gasteiger partial charge < -0.3 is 10.6 Å². The molecule has 0 atom stereocenters. The molecule has 1 aromatic rings. The summed E-state index contributed by atoms with van der Waals surface area (Å²) < 4.78 is 22.7. The molecule has 0 radical (unpaired) electrons. The van der Waals surface area contributed by atoms with E-state index in [1.54, 1.807) is 12.1 Å². The smallest absolute Gasteiger partial charge is 0.238 e. The lowest BCUT2D eigenvalue weighted by atomic mass is 10.3. The maximum Gasteiger partial charge on any atom is 0.238 e. The van der Waals surface area contributed by atoms with Crippen LogP contribution in [0.5, 0.6) is 0 Å². The van der Waals surface area contributed by atoms with Crippen molar-refractivity contribution in [3.05, 3.63) is 24.3 Å². The van der Waals surface area contributed by atoms with Gasteiger partial charge in [0, 0.05) is 18.0 Å². The summed E-state index contributed by atoms with van der Waals surface area (Å²) in [6.45, 7) is 4.08. The van der Waals surface area contributed by atoms with E-state index in [0.29, 0.717) is 5.69 Å². The molecule has 0 aliphatic heterocycles. The van der Waals surface area contributed by atoms with Crippen molar-refractivity contribution >= 4 is 21.4 Å². The Morgan fingerprint density at radius 2 is 2.00 bits per heavy atom. The molecule has 1 amide bonds. The lowest BCUT2D eigenvalue weighted by molar-refractivity contribution is -0.115. The van der Waals surface area contributed by atoms with E-state index in [0.717, 1.165) is 6.26 Å². The topological polar surface area (TPSA) is 75.3 Å². The Balaban J connectivity index is 2.71. The summed E-state index contributed by atoms with van der Waals surface area (Å²) in [6.07, 6.45) is 1.13. The molecule has 5 nitrogen and oxygen atoms in total. The van der Waals surface area contributed by atoms with Gasteiger partial charge in [-0.1, -0.05) is 19.9 Å². The van der Waals surface area contributed by atoms with Gasteiger partial charge >= 0.3 is 0 Å². The molecule has 0 fully saturated rings. The fraction of sp³-hybridized carbons (Fsp3) is 0.417. The van der Waals surface area contributed by atoms with Gasteiger partial charge in [0.2, 0.25) is 5.91 Å². The molecule has 0 aliphatic rings. The standard InChI is InChI=1S/C12H18N2O3S/c1-9(2)13-8-12(15)14-10-5-4-6-11(7-10)18(3,16)17/h4-7,9,13H,8H2,1-3H3,(H,14,15). The Bertz CT molecular complexity index is 524. The minimum absolute atomic E-state index is 0.192. The quantitative estimate of drug-likeness (QED) is 0.838. The molecule has 0 aliphatic carbocycles. The molecule has 0 unspecified atom stereocenters. The number of rotatable bonds is 5. The number of carbonyl (C=O) groups excluding carboxylic acids is 1. The largest absolute Gasteiger partial charge is 0.325 e. The number of anilines is 1. The molecule has 0 aromatic heterocycles. The first-order valence-corrected chi connectivity index (χ1v) is 7.51. The Hall–Kier alpha value is -1.40. The highest BCUT2D eigenvalue weighted by atomic mass is 32.2. The summed E-state index contributed by atoms with van der Waals surface area (Å²) >= 11 is 0. The number of benzene rings is 1. The zero-order valence-electron chi connectivity index (χ0n) is 10.7.